The van der Waals surface area contributed by atoms with Crippen LogP contribution in [-0.4, -0.2) is 27.7 Å². The normalized spacial score (nSPS) is 19.9. The molecule has 0 aromatic heterocycles. The Morgan fingerprint density at radius 2 is 2.10 bits per heavy atom. The van der Waals surface area contributed by atoms with Gasteiger partial charge in [-0.2, -0.15) is 0 Å². The Labute approximate surface area is 120 Å². The van der Waals surface area contributed by atoms with E-state index in [1.165, 1.54) is 0 Å². The maximum atomic E-state index is 12.0. The van der Waals surface area contributed by atoms with E-state index in [9.17, 15) is 8.42 Å². The molecule has 0 saturated carbocycles. The van der Waals surface area contributed by atoms with E-state index in [2.05, 4.69) is 4.72 Å². The number of nitrogens with two attached hydrogens (primary N) is 1. The lowest BCUT2D eigenvalue weighted by Crippen LogP contribution is -2.30. The maximum Gasteiger partial charge on any atom is 0.215 e. The van der Waals surface area contributed by atoms with Crippen LogP contribution in [0.2, 0.25) is 0 Å². The SMILES string of the molecule is Nc1ccccc1CS(=O)(=O)NCCC1CCCCO1. The van der Waals surface area contributed by atoms with Gasteiger partial charge in [-0.3, -0.25) is 0 Å². The Balaban J connectivity index is 1.80. The van der Waals surface area contributed by atoms with Crippen molar-refractivity contribution < 1.29 is 13.2 Å². The molecule has 1 aliphatic heterocycles. The summed E-state index contributed by atoms with van der Waals surface area (Å²) in [7, 11) is -3.34. The van der Waals surface area contributed by atoms with Crippen molar-refractivity contribution in [1.29, 1.82) is 0 Å². The van der Waals surface area contributed by atoms with Crippen molar-refractivity contribution in [3.63, 3.8) is 0 Å². The third-order valence-electron chi connectivity index (χ3n) is 3.46. The fourth-order valence-corrected chi connectivity index (χ4v) is 3.54. The van der Waals surface area contributed by atoms with Gasteiger partial charge in [0.25, 0.3) is 0 Å². The van der Waals surface area contributed by atoms with Crippen LogP contribution >= 0.6 is 0 Å². The highest BCUT2D eigenvalue weighted by Crippen LogP contribution is 2.16. The van der Waals surface area contributed by atoms with Crippen LogP contribution in [0, 0.1) is 0 Å². The molecule has 0 radical (unpaired) electrons. The fraction of sp³-hybridized carbons (Fsp3) is 0.571. The summed E-state index contributed by atoms with van der Waals surface area (Å²) < 4.78 is 32.2. The maximum absolute atomic E-state index is 12.0. The van der Waals surface area contributed by atoms with Crippen molar-refractivity contribution in [2.24, 2.45) is 0 Å². The van der Waals surface area contributed by atoms with Gasteiger partial charge in [0.2, 0.25) is 10.0 Å². The van der Waals surface area contributed by atoms with Crippen LogP contribution in [0.5, 0.6) is 0 Å². The molecule has 3 N–H and O–H groups in total. The van der Waals surface area contributed by atoms with Gasteiger partial charge in [-0.1, -0.05) is 18.2 Å². The van der Waals surface area contributed by atoms with E-state index in [4.69, 9.17) is 10.5 Å². The lowest BCUT2D eigenvalue weighted by atomic mass is 10.1. The van der Waals surface area contributed by atoms with E-state index in [-0.39, 0.29) is 11.9 Å². The van der Waals surface area contributed by atoms with Crippen molar-refractivity contribution in [3.8, 4) is 0 Å². The van der Waals surface area contributed by atoms with Crippen molar-refractivity contribution in [3.05, 3.63) is 29.8 Å². The summed E-state index contributed by atoms with van der Waals surface area (Å²) in [5.41, 5.74) is 6.90. The largest absolute Gasteiger partial charge is 0.398 e. The Morgan fingerprint density at radius 3 is 2.80 bits per heavy atom. The number of nitrogen functional groups attached to an aromatic ring is 1. The van der Waals surface area contributed by atoms with Gasteiger partial charge in [0, 0.05) is 18.8 Å². The highest BCUT2D eigenvalue weighted by Gasteiger charge is 2.16. The van der Waals surface area contributed by atoms with E-state index < -0.39 is 10.0 Å². The molecule has 0 spiro atoms. The molecule has 1 aromatic carbocycles. The van der Waals surface area contributed by atoms with Crippen molar-refractivity contribution in [2.45, 2.75) is 37.5 Å². The summed E-state index contributed by atoms with van der Waals surface area (Å²) in [6.45, 7) is 1.21. The molecule has 1 unspecified atom stereocenters. The molecule has 2 rings (SSSR count). The average Bonchev–Trinajstić information content (AvgIpc) is 2.42. The number of anilines is 1. The van der Waals surface area contributed by atoms with Gasteiger partial charge >= 0.3 is 0 Å². The molecular formula is C14H22N2O3S. The van der Waals surface area contributed by atoms with E-state index in [1.807, 2.05) is 0 Å². The van der Waals surface area contributed by atoms with E-state index in [1.54, 1.807) is 24.3 Å². The molecule has 0 amide bonds. The summed E-state index contributed by atoms with van der Waals surface area (Å²) in [5, 5.41) is 0. The predicted molar refractivity (Wildman–Crippen MR) is 79.7 cm³/mol. The van der Waals surface area contributed by atoms with Gasteiger partial charge in [-0.15, -0.1) is 0 Å². The molecule has 20 heavy (non-hydrogen) atoms. The lowest BCUT2D eigenvalue weighted by molar-refractivity contribution is 0.0123. The first-order valence-corrected chi connectivity index (χ1v) is 8.64. The number of sulfonamides is 1. The van der Waals surface area contributed by atoms with Crippen LogP contribution in [-0.2, 0) is 20.5 Å². The van der Waals surface area contributed by atoms with Crippen molar-refractivity contribution in [2.75, 3.05) is 18.9 Å². The quantitative estimate of drug-likeness (QED) is 0.782. The van der Waals surface area contributed by atoms with Crippen LogP contribution in [0.25, 0.3) is 0 Å². The number of hydrogen-bond donors (Lipinski definition) is 2. The number of benzene rings is 1. The standard InChI is InChI=1S/C14H22N2O3S/c15-14-7-2-1-5-12(14)11-20(17,18)16-9-8-13-6-3-4-10-19-13/h1-2,5,7,13,16H,3-4,6,8-11,15H2. The van der Waals surface area contributed by atoms with Gasteiger partial charge in [-0.05, 0) is 37.3 Å². The minimum Gasteiger partial charge on any atom is -0.398 e. The number of hydrogen-bond acceptors (Lipinski definition) is 4. The molecule has 1 aliphatic rings. The zero-order valence-electron chi connectivity index (χ0n) is 11.5. The predicted octanol–water partition coefficient (Wildman–Crippen LogP) is 1.65. The summed E-state index contributed by atoms with van der Waals surface area (Å²) >= 11 is 0. The summed E-state index contributed by atoms with van der Waals surface area (Å²) in [5.74, 6) is -0.0782. The van der Waals surface area contributed by atoms with Crippen LogP contribution < -0.4 is 10.5 Å². The van der Waals surface area contributed by atoms with Gasteiger partial charge in [0.1, 0.15) is 0 Å². The topological polar surface area (TPSA) is 81.4 Å². The van der Waals surface area contributed by atoms with Crippen molar-refractivity contribution >= 4 is 15.7 Å². The Bertz CT molecular complexity index is 525. The summed E-state index contributed by atoms with van der Waals surface area (Å²) in [4.78, 5) is 0. The molecule has 6 heteroatoms. The number of ether oxygens (including phenoxy) is 1. The fourth-order valence-electron chi connectivity index (χ4n) is 2.33. The Hall–Kier alpha value is -1.11. The monoisotopic (exact) mass is 298 g/mol. The summed E-state index contributed by atoms with van der Waals surface area (Å²) in [6.07, 6.45) is 4.21. The Kier molecular flexibility index (Phi) is 5.39. The molecule has 1 aromatic rings. The van der Waals surface area contributed by atoms with Crippen LogP contribution in [0.1, 0.15) is 31.2 Å². The average molecular weight is 298 g/mol. The third kappa shape index (κ3) is 4.77. The van der Waals surface area contributed by atoms with Gasteiger partial charge in [-0.25, -0.2) is 13.1 Å². The lowest BCUT2D eigenvalue weighted by Gasteiger charge is -2.22. The van der Waals surface area contributed by atoms with Crippen LogP contribution in [0.15, 0.2) is 24.3 Å². The first kappa shape index (κ1) is 15.3. The van der Waals surface area contributed by atoms with Gasteiger partial charge < -0.3 is 10.5 Å². The third-order valence-corrected chi connectivity index (χ3v) is 4.80. The van der Waals surface area contributed by atoms with Crippen molar-refractivity contribution in [1.82, 2.24) is 4.72 Å². The van der Waals surface area contributed by atoms with Crippen LogP contribution in [0.4, 0.5) is 5.69 Å². The molecule has 0 bridgehead atoms. The second kappa shape index (κ2) is 7.06. The number of nitrogens with one attached hydrogen (secondary N) is 1. The van der Waals surface area contributed by atoms with Crippen LogP contribution in [0.3, 0.4) is 0 Å². The molecular weight excluding hydrogens is 276 g/mol. The van der Waals surface area contributed by atoms with E-state index in [0.717, 1.165) is 32.3 Å². The smallest absolute Gasteiger partial charge is 0.215 e. The first-order chi connectivity index (χ1) is 9.57. The van der Waals surface area contributed by atoms with Gasteiger partial charge in [0.15, 0.2) is 0 Å². The second-order valence-electron chi connectivity index (χ2n) is 5.13. The zero-order chi connectivity index (χ0) is 14.4. The first-order valence-electron chi connectivity index (χ1n) is 6.99. The highest BCUT2D eigenvalue weighted by atomic mass is 32.2. The highest BCUT2D eigenvalue weighted by molar-refractivity contribution is 7.88. The minimum absolute atomic E-state index is 0.0782. The van der Waals surface area contributed by atoms with E-state index >= 15 is 0 Å². The molecule has 1 heterocycles. The Morgan fingerprint density at radius 1 is 1.30 bits per heavy atom. The second-order valence-corrected chi connectivity index (χ2v) is 6.94. The molecule has 1 saturated heterocycles. The molecule has 1 fully saturated rings. The van der Waals surface area contributed by atoms with Gasteiger partial charge in [0.05, 0.1) is 11.9 Å². The zero-order valence-corrected chi connectivity index (χ0v) is 12.4. The minimum atomic E-state index is -3.34. The molecule has 1 atom stereocenters. The molecule has 112 valence electrons. The molecule has 5 nitrogen and oxygen atoms in total. The molecule has 0 aliphatic carbocycles. The summed E-state index contributed by atoms with van der Waals surface area (Å²) in [6, 6.07) is 7.02. The number of para-hydroxylation sites is 1. The van der Waals surface area contributed by atoms with E-state index in [0.29, 0.717) is 17.8 Å². The number of rotatable bonds is 6.